The second kappa shape index (κ2) is 6.88. The fraction of sp³-hybridized carbons (Fsp3) is 0.533. The summed E-state index contributed by atoms with van der Waals surface area (Å²) in [6.07, 6.45) is 5.15. The minimum Gasteiger partial charge on any atom is -0.375 e. The summed E-state index contributed by atoms with van der Waals surface area (Å²) in [5.74, 6) is -0.0647. The molecule has 0 bridgehead atoms. The highest BCUT2D eigenvalue weighted by molar-refractivity contribution is 7.17. The zero-order valence-corrected chi connectivity index (χ0v) is 14.9. The maximum absolute atomic E-state index is 13.0. The lowest BCUT2D eigenvalue weighted by atomic mass is 10.00. The minimum atomic E-state index is -0.189. The Bertz CT molecular complexity index is 712. The number of amides is 1. The summed E-state index contributed by atoms with van der Waals surface area (Å²) in [6, 6.07) is -0.189. The molecular formula is C15H22N6O2S. The first-order valence-corrected chi connectivity index (χ1v) is 8.54. The van der Waals surface area contributed by atoms with Crippen LogP contribution in [-0.2, 0) is 11.8 Å². The summed E-state index contributed by atoms with van der Waals surface area (Å²) in [6.45, 7) is 1.75. The largest absolute Gasteiger partial charge is 0.375 e. The second-order valence-electron chi connectivity index (χ2n) is 6.12. The van der Waals surface area contributed by atoms with Crippen molar-refractivity contribution in [3.63, 3.8) is 0 Å². The van der Waals surface area contributed by atoms with E-state index in [-0.39, 0.29) is 18.1 Å². The monoisotopic (exact) mass is 350 g/mol. The highest BCUT2D eigenvalue weighted by Crippen LogP contribution is 2.32. The average molecular weight is 350 g/mol. The fourth-order valence-electron chi connectivity index (χ4n) is 2.99. The van der Waals surface area contributed by atoms with E-state index in [4.69, 9.17) is 10.5 Å². The maximum atomic E-state index is 13.0. The highest BCUT2D eigenvalue weighted by atomic mass is 32.1. The van der Waals surface area contributed by atoms with Crippen LogP contribution in [0.1, 0.15) is 21.3 Å². The van der Waals surface area contributed by atoms with E-state index >= 15 is 0 Å². The van der Waals surface area contributed by atoms with Crippen molar-refractivity contribution in [3.8, 4) is 0 Å². The van der Waals surface area contributed by atoms with Gasteiger partial charge >= 0.3 is 0 Å². The Balaban J connectivity index is 1.93. The molecule has 1 aliphatic rings. The molecule has 2 N–H and O–H groups in total. The van der Waals surface area contributed by atoms with Crippen LogP contribution in [0.5, 0.6) is 0 Å². The molecule has 0 unspecified atom stereocenters. The zero-order chi connectivity index (χ0) is 17.3. The number of morpholine rings is 1. The maximum Gasteiger partial charge on any atom is 0.266 e. The average Bonchev–Trinajstić information content (AvgIpc) is 3.14. The molecule has 8 nitrogen and oxygen atoms in total. The van der Waals surface area contributed by atoms with E-state index in [9.17, 15) is 4.79 Å². The molecule has 0 saturated carbocycles. The number of aryl methyl sites for hydroxylation is 1. The number of nitrogens with zero attached hydrogens (tertiary/aromatic N) is 5. The molecule has 2 atom stereocenters. The van der Waals surface area contributed by atoms with Gasteiger partial charge in [-0.25, -0.2) is 4.98 Å². The summed E-state index contributed by atoms with van der Waals surface area (Å²) < 4.78 is 7.72. The van der Waals surface area contributed by atoms with Crippen LogP contribution in [0.15, 0.2) is 18.6 Å². The third-order valence-electron chi connectivity index (χ3n) is 3.96. The Hall–Kier alpha value is -1.97. The molecule has 3 rings (SSSR count). The molecular weight excluding hydrogens is 328 g/mol. The van der Waals surface area contributed by atoms with Crippen LogP contribution in [0.25, 0.3) is 0 Å². The molecule has 2 aromatic heterocycles. The Kier molecular flexibility index (Phi) is 4.83. The van der Waals surface area contributed by atoms with Crippen molar-refractivity contribution in [1.82, 2.24) is 24.6 Å². The minimum absolute atomic E-state index is 0.0647. The summed E-state index contributed by atoms with van der Waals surface area (Å²) >= 11 is 1.21. The van der Waals surface area contributed by atoms with Gasteiger partial charge in [0, 0.05) is 31.9 Å². The smallest absolute Gasteiger partial charge is 0.266 e. The lowest BCUT2D eigenvalue weighted by Gasteiger charge is -2.41. The molecule has 130 valence electrons. The van der Waals surface area contributed by atoms with Crippen molar-refractivity contribution in [1.29, 1.82) is 0 Å². The molecule has 0 aliphatic carbocycles. The van der Waals surface area contributed by atoms with E-state index in [0.717, 1.165) is 5.56 Å². The number of hydrogen-bond donors (Lipinski definition) is 1. The van der Waals surface area contributed by atoms with Gasteiger partial charge < -0.3 is 20.3 Å². The lowest BCUT2D eigenvalue weighted by Crippen LogP contribution is -2.50. The topological polar surface area (TPSA) is 89.5 Å². The van der Waals surface area contributed by atoms with E-state index < -0.39 is 0 Å². The molecule has 2 aromatic rings. The van der Waals surface area contributed by atoms with E-state index in [1.807, 2.05) is 32.2 Å². The van der Waals surface area contributed by atoms with Crippen molar-refractivity contribution in [2.45, 2.75) is 12.1 Å². The summed E-state index contributed by atoms with van der Waals surface area (Å²) in [4.78, 5) is 21.4. The molecule has 1 fully saturated rings. The van der Waals surface area contributed by atoms with Crippen molar-refractivity contribution in [2.75, 3.05) is 39.5 Å². The first-order chi connectivity index (χ1) is 11.5. The van der Waals surface area contributed by atoms with Crippen LogP contribution in [-0.4, -0.2) is 70.4 Å². The summed E-state index contributed by atoms with van der Waals surface area (Å²) in [5.41, 5.74) is 6.65. The Morgan fingerprint density at radius 1 is 1.50 bits per heavy atom. The SMILES string of the molecule is CN(C)C[C@@H]1OCCN(C(=O)c2cnc(N)s2)[C@H]1c1cnn(C)c1. The van der Waals surface area contributed by atoms with E-state index in [0.29, 0.717) is 29.7 Å². The van der Waals surface area contributed by atoms with Gasteiger partial charge in [0.2, 0.25) is 0 Å². The predicted octanol–water partition coefficient (Wildman–Crippen LogP) is 0.603. The molecule has 0 spiro atoms. The Morgan fingerprint density at radius 2 is 2.29 bits per heavy atom. The van der Waals surface area contributed by atoms with E-state index in [1.54, 1.807) is 17.1 Å². The van der Waals surface area contributed by atoms with Crippen LogP contribution in [0.3, 0.4) is 0 Å². The van der Waals surface area contributed by atoms with Gasteiger partial charge in [-0.3, -0.25) is 9.48 Å². The number of likely N-dealkylation sites (N-methyl/N-ethyl adjacent to an activating group) is 1. The standard InChI is InChI=1S/C15H22N6O2S/c1-19(2)9-11-13(10-6-18-20(3)8-10)21(4-5-23-11)14(22)12-7-17-15(16)24-12/h6-8,11,13H,4-5,9H2,1-3H3,(H2,16,17)/t11-,13-/m0/s1. The molecule has 0 aromatic carbocycles. The van der Waals surface area contributed by atoms with Crippen LogP contribution in [0.2, 0.25) is 0 Å². The normalized spacial score (nSPS) is 21.4. The summed E-state index contributed by atoms with van der Waals surface area (Å²) in [7, 11) is 5.85. The fourth-order valence-corrected chi connectivity index (χ4v) is 3.63. The molecule has 24 heavy (non-hydrogen) atoms. The van der Waals surface area contributed by atoms with Gasteiger partial charge in [-0.1, -0.05) is 11.3 Å². The number of aromatic nitrogens is 3. The number of thiazole rings is 1. The quantitative estimate of drug-likeness (QED) is 0.869. The van der Waals surface area contributed by atoms with Crippen molar-refractivity contribution >= 4 is 22.4 Å². The van der Waals surface area contributed by atoms with Gasteiger partial charge in [-0.05, 0) is 14.1 Å². The first kappa shape index (κ1) is 16.9. The number of hydrogen-bond acceptors (Lipinski definition) is 7. The van der Waals surface area contributed by atoms with Crippen LogP contribution in [0, 0.1) is 0 Å². The van der Waals surface area contributed by atoms with Crippen LogP contribution >= 0.6 is 11.3 Å². The number of carbonyl (C=O) groups excluding carboxylic acids is 1. The Morgan fingerprint density at radius 3 is 2.88 bits per heavy atom. The molecule has 3 heterocycles. The Labute approximate surface area is 144 Å². The van der Waals surface area contributed by atoms with Crippen molar-refractivity contribution in [3.05, 3.63) is 29.0 Å². The van der Waals surface area contributed by atoms with E-state index in [1.165, 1.54) is 11.3 Å². The van der Waals surface area contributed by atoms with E-state index in [2.05, 4.69) is 15.0 Å². The molecule has 1 amide bonds. The number of anilines is 1. The van der Waals surface area contributed by atoms with Crippen LogP contribution in [0.4, 0.5) is 5.13 Å². The molecule has 1 saturated heterocycles. The zero-order valence-electron chi connectivity index (χ0n) is 14.0. The summed E-state index contributed by atoms with van der Waals surface area (Å²) in [5, 5.41) is 4.65. The highest BCUT2D eigenvalue weighted by Gasteiger charge is 2.38. The third kappa shape index (κ3) is 3.42. The van der Waals surface area contributed by atoms with Gasteiger partial charge in [0.05, 0.1) is 31.1 Å². The number of ether oxygens (including phenoxy) is 1. The number of nitrogens with two attached hydrogens (primary N) is 1. The predicted molar refractivity (Wildman–Crippen MR) is 91.8 cm³/mol. The lowest BCUT2D eigenvalue weighted by molar-refractivity contribution is -0.0683. The van der Waals surface area contributed by atoms with Gasteiger partial charge in [0.25, 0.3) is 5.91 Å². The number of rotatable bonds is 4. The van der Waals surface area contributed by atoms with Gasteiger partial charge in [0.15, 0.2) is 5.13 Å². The number of carbonyl (C=O) groups is 1. The van der Waals surface area contributed by atoms with Crippen LogP contribution < -0.4 is 5.73 Å². The number of nitrogen functional groups attached to an aromatic ring is 1. The van der Waals surface area contributed by atoms with Crippen molar-refractivity contribution < 1.29 is 9.53 Å². The first-order valence-electron chi connectivity index (χ1n) is 7.73. The molecule has 1 aliphatic heterocycles. The molecule has 0 radical (unpaired) electrons. The van der Waals surface area contributed by atoms with Gasteiger partial charge in [-0.15, -0.1) is 0 Å². The van der Waals surface area contributed by atoms with Gasteiger partial charge in [-0.2, -0.15) is 5.10 Å². The van der Waals surface area contributed by atoms with Gasteiger partial charge in [0.1, 0.15) is 4.88 Å². The third-order valence-corrected chi connectivity index (χ3v) is 4.77. The molecule has 9 heteroatoms. The van der Waals surface area contributed by atoms with Crippen molar-refractivity contribution in [2.24, 2.45) is 7.05 Å². The second-order valence-corrected chi connectivity index (χ2v) is 7.19.